The summed E-state index contributed by atoms with van der Waals surface area (Å²) in [7, 11) is -1.71. The van der Waals surface area contributed by atoms with Gasteiger partial charge in [-0.2, -0.15) is 0 Å². The van der Waals surface area contributed by atoms with Gasteiger partial charge in [-0.15, -0.1) is 0 Å². The highest BCUT2D eigenvalue weighted by Gasteiger charge is 2.59. The molecule has 0 unspecified atom stereocenters. The molecule has 31 heavy (non-hydrogen) atoms. The highest BCUT2D eigenvalue weighted by molar-refractivity contribution is 6.74. The monoisotopic (exact) mass is 446 g/mol. The maximum atomic E-state index is 9.86. The van der Waals surface area contributed by atoms with Crippen molar-refractivity contribution in [3.63, 3.8) is 0 Å². The lowest BCUT2D eigenvalue weighted by Gasteiger charge is -2.59. The summed E-state index contributed by atoms with van der Waals surface area (Å²) in [5, 5.41) is 10.2. The largest absolute Gasteiger partial charge is 0.414 e. The van der Waals surface area contributed by atoms with Crippen molar-refractivity contribution >= 4 is 8.32 Å². The van der Waals surface area contributed by atoms with E-state index in [1.807, 2.05) is 0 Å². The van der Waals surface area contributed by atoms with Crippen molar-refractivity contribution < 1.29 is 9.53 Å². The molecule has 0 spiro atoms. The first-order valence-corrected chi connectivity index (χ1v) is 16.2. The van der Waals surface area contributed by atoms with Crippen LogP contribution in [0.1, 0.15) is 92.9 Å². The minimum Gasteiger partial charge on any atom is -0.414 e. The van der Waals surface area contributed by atoms with E-state index >= 15 is 0 Å². The second kappa shape index (κ2) is 7.98. The smallest absolute Gasteiger partial charge is 0.192 e. The number of aliphatic hydroxyl groups is 1. The minimum absolute atomic E-state index is 0.290. The molecule has 178 valence electrons. The molecule has 0 amide bonds. The summed E-state index contributed by atoms with van der Waals surface area (Å²) in [5.41, 5.74) is 2.59. The summed E-state index contributed by atoms with van der Waals surface area (Å²) in [6.45, 7) is 19.8. The Morgan fingerprint density at radius 1 is 1.10 bits per heavy atom. The molecular weight excluding hydrogens is 396 g/mol. The average Bonchev–Trinajstić information content (AvgIpc) is 3.04. The van der Waals surface area contributed by atoms with Gasteiger partial charge in [0.15, 0.2) is 8.32 Å². The zero-order valence-electron chi connectivity index (χ0n) is 21.8. The van der Waals surface area contributed by atoms with Crippen LogP contribution in [-0.4, -0.2) is 26.1 Å². The number of fused-ring (bicyclic) bond motifs is 5. The molecule has 0 aliphatic heterocycles. The van der Waals surface area contributed by atoms with Crippen LogP contribution >= 0.6 is 0 Å². The Morgan fingerprint density at radius 3 is 2.45 bits per heavy atom. The molecule has 0 aromatic heterocycles. The van der Waals surface area contributed by atoms with Gasteiger partial charge in [-0.3, -0.25) is 0 Å². The van der Waals surface area contributed by atoms with Crippen molar-refractivity contribution in [2.45, 2.75) is 117 Å². The summed E-state index contributed by atoms with van der Waals surface area (Å²) in [5.74, 6) is 3.76. The average molecular weight is 447 g/mol. The molecule has 8 atom stereocenters. The van der Waals surface area contributed by atoms with Gasteiger partial charge in [0, 0.05) is 12.7 Å². The third-order valence-corrected chi connectivity index (χ3v) is 15.9. The van der Waals surface area contributed by atoms with E-state index in [0.717, 1.165) is 23.7 Å². The standard InChI is InChI=1S/C28H50O2Si/c1-19(18-29)23-11-12-24-22-10-9-20-17-21(30-31(7,8)26(2,3)4)13-15-27(20,5)25(22)14-16-28(23,24)6/h9,19,21-25,29H,10-18H2,1-8H3/t19-,21-,22-,23+,24-,25-,27-,28+/m0/s1. The van der Waals surface area contributed by atoms with E-state index in [4.69, 9.17) is 4.43 Å². The Bertz CT molecular complexity index is 706. The summed E-state index contributed by atoms with van der Waals surface area (Å²) in [4.78, 5) is 0. The van der Waals surface area contributed by atoms with Crippen LogP contribution in [0.25, 0.3) is 0 Å². The van der Waals surface area contributed by atoms with Gasteiger partial charge in [0.25, 0.3) is 0 Å². The molecule has 0 heterocycles. The van der Waals surface area contributed by atoms with E-state index in [1.165, 1.54) is 51.4 Å². The zero-order valence-corrected chi connectivity index (χ0v) is 22.8. The quantitative estimate of drug-likeness (QED) is 0.356. The highest BCUT2D eigenvalue weighted by Crippen LogP contribution is 2.67. The lowest BCUT2D eigenvalue weighted by Crippen LogP contribution is -2.52. The summed E-state index contributed by atoms with van der Waals surface area (Å²) < 4.78 is 6.89. The van der Waals surface area contributed by atoms with E-state index in [2.05, 4.69) is 60.7 Å². The molecular formula is C28H50O2Si. The fraction of sp³-hybridized carbons (Fsp3) is 0.929. The van der Waals surface area contributed by atoms with Crippen LogP contribution in [0.5, 0.6) is 0 Å². The first-order chi connectivity index (χ1) is 14.3. The summed E-state index contributed by atoms with van der Waals surface area (Å²) in [6, 6.07) is 0. The van der Waals surface area contributed by atoms with Crippen LogP contribution < -0.4 is 0 Å². The van der Waals surface area contributed by atoms with Gasteiger partial charge in [-0.1, -0.05) is 53.2 Å². The van der Waals surface area contributed by atoms with Crippen molar-refractivity contribution in [2.24, 2.45) is 40.4 Å². The summed E-state index contributed by atoms with van der Waals surface area (Å²) >= 11 is 0. The first kappa shape index (κ1) is 24.0. The second-order valence-corrected chi connectivity index (χ2v) is 18.6. The van der Waals surface area contributed by atoms with E-state index in [1.54, 1.807) is 5.57 Å². The first-order valence-electron chi connectivity index (χ1n) is 13.3. The van der Waals surface area contributed by atoms with E-state index in [0.29, 0.717) is 34.5 Å². The van der Waals surface area contributed by atoms with Crippen molar-refractivity contribution in [1.29, 1.82) is 0 Å². The number of hydrogen-bond acceptors (Lipinski definition) is 2. The lowest BCUT2D eigenvalue weighted by atomic mass is 9.47. The van der Waals surface area contributed by atoms with E-state index < -0.39 is 8.32 Å². The van der Waals surface area contributed by atoms with E-state index in [-0.39, 0.29) is 0 Å². The van der Waals surface area contributed by atoms with Crippen LogP contribution in [-0.2, 0) is 4.43 Å². The van der Waals surface area contributed by atoms with Crippen molar-refractivity contribution in [2.75, 3.05) is 6.61 Å². The third kappa shape index (κ3) is 3.83. The predicted octanol–water partition coefficient (Wildman–Crippen LogP) is 7.58. The molecule has 0 saturated heterocycles. The Morgan fingerprint density at radius 2 is 1.81 bits per heavy atom. The minimum atomic E-state index is -1.71. The van der Waals surface area contributed by atoms with Crippen LogP contribution in [0, 0.1) is 40.4 Å². The van der Waals surface area contributed by atoms with Gasteiger partial charge in [0.05, 0.1) is 0 Å². The Balaban J connectivity index is 1.52. The molecule has 4 rings (SSSR count). The van der Waals surface area contributed by atoms with Gasteiger partial charge in [0.1, 0.15) is 0 Å². The predicted molar refractivity (Wildman–Crippen MR) is 134 cm³/mol. The SMILES string of the molecule is C[C@@H](CO)[C@H]1CC[C@H]2[C@@H]3CC=C4C[C@@H](O[Si](C)(C)C(C)(C)C)CC[C@]4(C)[C@H]3CC[C@]12C. The summed E-state index contributed by atoms with van der Waals surface area (Å²) in [6.07, 6.45) is 13.7. The number of rotatable bonds is 4. The Hall–Kier alpha value is -0.123. The topological polar surface area (TPSA) is 29.5 Å². The molecule has 4 aliphatic rings. The molecule has 3 fully saturated rings. The maximum absolute atomic E-state index is 9.86. The molecule has 0 aromatic carbocycles. The molecule has 0 radical (unpaired) electrons. The van der Waals surface area contributed by atoms with Crippen molar-refractivity contribution in [1.82, 2.24) is 0 Å². The molecule has 2 nitrogen and oxygen atoms in total. The molecule has 3 saturated carbocycles. The lowest BCUT2D eigenvalue weighted by molar-refractivity contribution is -0.0591. The fourth-order valence-corrected chi connectivity index (χ4v) is 9.81. The highest BCUT2D eigenvalue weighted by atomic mass is 28.4. The number of aliphatic hydroxyl groups excluding tert-OH is 1. The molecule has 0 aromatic rings. The fourth-order valence-electron chi connectivity index (χ4n) is 8.42. The van der Waals surface area contributed by atoms with Crippen LogP contribution in [0.15, 0.2) is 11.6 Å². The second-order valence-electron chi connectivity index (χ2n) is 13.9. The van der Waals surface area contributed by atoms with Gasteiger partial charge in [-0.05, 0) is 110 Å². The van der Waals surface area contributed by atoms with Gasteiger partial charge < -0.3 is 9.53 Å². The Labute approximate surface area is 193 Å². The van der Waals surface area contributed by atoms with Gasteiger partial charge in [0.2, 0.25) is 0 Å². The normalized spacial score (nSPS) is 44.2. The molecule has 4 aliphatic carbocycles. The van der Waals surface area contributed by atoms with E-state index in [9.17, 15) is 5.11 Å². The van der Waals surface area contributed by atoms with Gasteiger partial charge in [-0.25, -0.2) is 0 Å². The number of allylic oxidation sites excluding steroid dienone is 1. The van der Waals surface area contributed by atoms with Crippen LogP contribution in [0.4, 0.5) is 0 Å². The number of hydrogen-bond donors (Lipinski definition) is 1. The molecule has 3 heteroatoms. The third-order valence-electron chi connectivity index (χ3n) is 11.4. The Kier molecular flexibility index (Phi) is 6.18. The van der Waals surface area contributed by atoms with Gasteiger partial charge >= 0.3 is 0 Å². The maximum Gasteiger partial charge on any atom is 0.192 e. The van der Waals surface area contributed by atoms with Crippen LogP contribution in [0.3, 0.4) is 0 Å². The molecule has 1 N–H and O–H groups in total. The van der Waals surface area contributed by atoms with Crippen molar-refractivity contribution in [3.8, 4) is 0 Å². The molecule has 0 bridgehead atoms. The van der Waals surface area contributed by atoms with Crippen molar-refractivity contribution in [3.05, 3.63) is 11.6 Å². The zero-order chi connectivity index (χ0) is 22.8. The van der Waals surface area contributed by atoms with Crippen LogP contribution in [0.2, 0.25) is 18.1 Å².